The first kappa shape index (κ1) is 22.3. The van der Waals surface area contributed by atoms with Crippen molar-refractivity contribution in [1.82, 2.24) is 10.6 Å². The van der Waals surface area contributed by atoms with Crippen molar-refractivity contribution >= 4 is 23.3 Å². The molecule has 2 aromatic carbocycles. The Morgan fingerprint density at radius 1 is 1.10 bits per heavy atom. The lowest BCUT2D eigenvalue weighted by Crippen LogP contribution is -2.52. The molecule has 164 valence electrons. The van der Waals surface area contributed by atoms with Gasteiger partial charge in [0.2, 0.25) is 5.91 Å². The highest BCUT2D eigenvalue weighted by atomic mass is 16.5. The molecular formula is C24H29N3O4. The number of nitrogens with zero attached hydrogens (tertiary/aromatic N) is 1. The van der Waals surface area contributed by atoms with Gasteiger partial charge < -0.3 is 20.3 Å². The van der Waals surface area contributed by atoms with Gasteiger partial charge in [-0.25, -0.2) is 0 Å². The zero-order chi connectivity index (χ0) is 22.2. The molecule has 2 atom stereocenters. The average Bonchev–Trinajstić information content (AvgIpc) is 2.77. The molecule has 0 bridgehead atoms. The number of anilines is 1. The van der Waals surface area contributed by atoms with Gasteiger partial charge in [-0.05, 0) is 37.5 Å². The van der Waals surface area contributed by atoms with Gasteiger partial charge >= 0.3 is 0 Å². The maximum absolute atomic E-state index is 12.8. The Balaban J connectivity index is 1.69. The van der Waals surface area contributed by atoms with Crippen LogP contribution in [0.5, 0.6) is 5.75 Å². The molecule has 2 amide bonds. The molecule has 0 saturated carbocycles. The lowest BCUT2D eigenvalue weighted by molar-refractivity contribution is -0.128. The third-order valence-electron chi connectivity index (χ3n) is 5.15. The summed E-state index contributed by atoms with van der Waals surface area (Å²) in [5, 5.41) is 5.70. The van der Waals surface area contributed by atoms with E-state index in [1.165, 1.54) is 6.92 Å². The second kappa shape index (κ2) is 10.6. The Morgan fingerprint density at radius 2 is 1.81 bits per heavy atom. The zero-order valence-electron chi connectivity index (χ0n) is 18.0. The number of carbonyl (C=O) groups excluding carboxylic acids is 3. The standard InChI is InChI=1S/C24H29N3O4/c1-3-13-25-24(30)22-15-27(20-11-7-8-12-21(20)31-22)16-23(29)26-19(17(2)28)14-18-9-5-4-6-10-18/h4-12,19,22H,3,13-16H2,1-2H3,(H,25,30)(H,26,29)/t19-,22-/m0/s1. The van der Waals surface area contributed by atoms with Crippen molar-refractivity contribution in [3.63, 3.8) is 0 Å². The number of amides is 2. The molecule has 0 unspecified atom stereocenters. The van der Waals surface area contributed by atoms with Crippen LogP contribution in [-0.2, 0) is 20.8 Å². The maximum atomic E-state index is 12.8. The van der Waals surface area contributed by atoms with Crippen LogP contribution in [0, 0.1) is 0 Å². The molecule has 0 aromatic heterocycles. The Kier molecular flexibility index (Phi) is 7.65. The van der Waals surface area contributed by atoms with Gasteiger partial charge in [0.05, 0.1) is 24.8 Å². The monoisotopic (exact) mass is 423 g/mol. The minimum atomic E-state index is -0.706. The quantitative estimate of drug-likeness (QED) is 0.645. The van der Waals surface area contributed by atoms with Gasteiger partial charge in [0.25, 0.3) is 5.91 Å². The molecule has 7 nitrogen and oxygen atoms in total. The fraction of sp³-hybridized carbons (Fsp3) is 0.375. The normalized spacial score (nSPS) is 15.9. The van der Waals surface area contributed by atoms with E-state index in [4.69, 9.17) is 4.74 Å². The molecule has 2 N–H and O–H groups in total. The third-order valence-corrected chi connectivity index (χ3v) is 5.15. The number of hydrogen-bond acceptors (Lipinski definition) is 5. The molecule has 2 aromatic rings. The number of fused-ring (bicyclic) bond motifs is 1. The number of ketones is 1. The highest BCUT2D eigenvalue weighted by Gasteiger charge is 2.31. The first-order valence-corrected chi connectivity index (χ1v) is 10.6. The summed E-state index contributed by atoms with van der Waals surface area (Å²) in [6.07, 6.45) is 0.556. The molecule has 0 spiro atoms. The Labute approximate surface area is 182 Å². The van der Waals surface area contributed by atoms with Crippen molar-refractivity contribution < 1.29 is 19.1 Å². The van der Waals surface area contributed by atoms with Crippen molar-refractivity contribution in [1.29, 1.82) is 0 Å². The molecule has 0 fully saturated rings. The smallest absolute Gasteiger partial charge is 0.262 e. The summed E-state index contributed by atoms with van der Waals surface area (Å²) in [5.41, 5.74) is 1.73. The van der Waals surface area contributed by atoms with Crippen LogP contribution in [-0.4, -0.2) is 49.4 Å². The minimum Gasteiger partial charge on any atom is -0.477 e. The molecule has 1 aliphatic heterocycles. The fourth-order valence-corrected chi connectivity index (χ4v) is 3.51. The summed E-state index contributed by atoms with van der Waals surface area (Å²) < 4.78 is 5.86. The molecule has 0 radical (unpaired) electrons. The van der Waals surface area contributed by atoms with E-state index in [2.05, 4.69) is 10.6 Å². The van der Waals surface area contributed by atoms with Crippen LogP contribution in [0.15, 0.2) is 54.6 Å². The van der Waals surface area contributed by atoms with Crippen molar-refractivity contribution in [2.75, 3.05) is 24.5 Å². The molecule has 1 heterocycles. The van der Waals surface area contributed by atoms with Crippen molar-refractivity contribution in [2.45, 2.75) is 38.8 Å². The number of carbonyl (C=O) groups is 3. The van der Waals surface area contributed by atoms with Gasteiger partial charge in [0, 0.05) is 6.54 Å². The van der Waals surface area contributed by atoms with E-state index < -0.39 is 12.1 Å². The number of rotatable bonds is 9. The predicted molar refractivity (Wildman–Crippen MR) is 119 cm³/mol. The van der Waals surface area contributed by atoms with E-state index in [0.29, 0.717) is 18.7 Å². The van der Waals surface area contributed by atoms with E-state index in [9.17, 15) is 14.4 Å². The number of hydrogen-bond donors (Lipinski definition) is 2. The highest BCUT2D eigenvalue weighted by molar-refractivity contribution is 5.90. The number of Topliss-reactive ketones (excluding diaryl/α,β-unsaturated/α-hetero) is 1. The Bertz CT molecular complexity index is 916. The molecule has 0 aliphatic carbocycles. The van der Waals surface area contributed by atoms with Crippen molar-refractivity contribution in [3.05, 3.63) is 60.2 Å². The molecule has 7 heteroatoms. The van der Waals surface area contributed by atoms with Crippen LogP contribution < -0.4 is 20.3 Å². The minimum absolute atomic E-state index is 0.0243. The topological polar surface area (TPSA) is 87.7 Å². The zero-order valence-corrected chi connectivity index (χ0v) is 18.0. The first-order valence-electron chi connectivity index (χ1n) is 10.6. The van der Waals surface area contributed by atoms with Gasteiger partial charge in [0.15, 0.2) is 11.9 Å². The summed E-state index contributed by atoms with van der Waals surface area (Å²) in [4.78, 5) is 39.2. The van der Waals surface area contributed by atoms with E-state index in [-0.39, 0.29) is 30.7 Å². The molecule has 0 saturated heterocycles. The van der Waals surface area contributed by atoms with Crippen LogP contribution in [0.3, 0.4) is 0 Å². The van der Waals surface area contributed by atoms with Crippen LogP contribution in [0.25, 0.3) is 0 Å². The summed E-state index contributed by atoms with van der Waals surface area (Å²) >= 11 is 0. The summed E-state index contributed by atoms with van der Waals surface area (Å²) in [6, 6.07) is 16.3. The predicted octanol–water partition coefficient (Wildman–Crippen LogP) is 2.10. The van der Waals surface area contributed by atoms with Crippen LogP contribution in [0.1, 0.15) is 25.8 Å². The van der Waals surface area contributed by atoms with Crippen molar-refractivity contribution in [3.8, 4) is 5.75 Å². The first-order chi connectivity index (χ1) is 15.0. The summed E-state index contributed by atoms with van der Waals surface area (Å²) in [7, 11) is 0. The summed E-state index contributed by atoms with van der Waals surface area (Å²) in [5.74, 6) is -0.0185. The molecular weight excluding hydrogens is 394 g/mol. The van der Waals surface area contributed by atoms with Gasteiger partial charge in [-0.2, -0.15) is 0 Å². The molecule has 1 aliphatic rings. The van der Waals surface area contributed by atoms with Crippen LogP contribution >= 0.6 is 0 Å². The van der Waals surface area contributed by atoms with E-state index in [1.807, 2.05) is 60.4 Å². The molecule has 3 rings (SSSR count). The van der Waals surface area contributed by atoms with E-state index >= 15 is 0 Å². The third kappa shape index (κ3) is 6.07. The summed E-state index contributed by atoms with van der Waals surface area (Å²) in [6.45, 7) is 4.31. The molecule has 31 heavy (non-hydrogen) atoms. The van der Waals surface area contributed by atoms with Crippen LogP contribution in [0.4, 0.5) is 5.69 Å². The van der Waals surface area contributed by atoms with Crippen LogP contribution in [0.2, 0.25) is 0 Å². The second-order valence-corrected chi connectivity index (χ2v) is 7.67. The lowest BCUT2D eigenvalue weighted by atomic mass is 10.0. The van der Waals surface area contributed by atoms with Crippen molar-refractivity contribution in [2.24, 2.45) is 0 Å². The number of ether oxygens (including phenoxy) is 1. The number of para-hydroxylation sites is 2. The Morgan fingerprint density at radius 3 is 2.52 bits per heavy atom. The fourth-order valence-electron chi connectivity index (χ4n) is 3.51. The van der Waals surface area contributed by atoms with Gasteiger partial charge in [0.1, 0.15) is 5.75 Å². The number of nitrogens with one attached hydrogen (secondary N) is 2. The Hall–Kier alpha value is -3.35. The van der Waals surface area contributed by atoms with E-state index in [0.717, 1.165) is 17.7 Å². The lowest BCUT2D eigenvalue weighted by Gasteiger charge is -2.35. The second-order valence-electron chi connectivity index (χ2n) is 7.67. The highest BCUT2D eigenvalue weighted by Crippen LogP contribution is 2.32. The maximum Gasteiger partial charge on any atom is 0.262 e. The van der Waals surface area contributed by atoms with Gasteiger partial charge in [-0.15, -0.1) is 0 Å². The average molecular weight is 424 g/mol. The number of benzene rings is 2. The van der Waals surface area contributed by atoms with Gasteiger partial charge in [-0.1, -0.05) is 49.4 Å². The van der Waals surface area contributed by atoms with E-state index in [1.54, 1.807) is 6.07 Å². The SMILES string of the molecule is CCCNC(=O)[C@@H]1CN(CC(=O)N[C@@H](Cc2ccccc2)C(C)=O)c2ccccc2O1. The van der Waals surface area contributed by atoms with Gasteiger partial charge in [-0.3, -0.25) is 14.4 Å². The largest absolute Gasteiger partial charge is 0.477 e.